The molecular weight excluding hydrogens is 681 g/mol. The predicted octanol–water partition coefficient (Wildman–Crippen LogP) is 10.1. The Balaban J connectivity index is 0.889. The smallest absolute Gasteiger partial charge is 0.305 e. The van der Waals surface area contributed by atoms with E-state index in [0.29, 0.717) is 24.4 Å². The van der Waals surface area contributed by atoms with Gasteiger partial charge in [-0.2, -0.15) is 0 Å². The highest BCUT2D eigenvalue weighted by Crippen LogP contribution is 2.98. The van der Waals surface area contributed by atoms with Gasteiger partial charge in [0, 0.05) is 11.8 Å². The third-order valence-electron chi connectivity index (χ3n) is 25.6. The Hall–Kier alpha value is -1.83. The van der Waals surface area contributed by atoms with Crippen LogP contribution in [0.2, 0.25) is 0 Å². The number of esters is 1. The van der Waals surface area contributed by atoms with Crippen LogP contribution < -0.4 is 0 Å². The zero-order chi connectivity index (χ0) is 35.8. The van der Waals surface area contributed by atoms with Gasteiger partial charge in [0.2, 0.25) is 0 Å². The van der Waals surface area contributed by atoms with E-state index in [-0.39, 0.29) is 11.4 Å². The van der Waals surface area contributed by atoms with Crippen LogP contribution in [0.15, 0.2) is 53.1 Å². The molecule has 1 spiro atoms. The highest BCUT2D eigenvalue weighted by atomic mass is 16.5. The molecule has 0 radical (unpaired) electrons. The van der Waals surface area contributed by atoms with Crippen LogP contribution in [-0.2, 0) is 14.9 Å². The number of allylic oxidation sites excluding steroid dienone is 4. The molecule has 29 atom stereocenters. The van der Waals surface area contributed by atoms with Gasteiger partial charge in [0.15, 0.2) is 0 Å². The SMILES string of the molecule is CC(C)COC(=O)CCCC1(c2ccccc2)C2C3CC4CC5CC6CC7=C8C9C(CC%10=CC%11CC21C1C%11C2C%10C9C9C%10C8C6C6C5C4C4C3C1C(C29)C4C%106)C7. The fraction of sp³-hybridized carbons (Fsp3) is 0.796. The van der Waals surface area contributed by atoms with Gasteiger partial charge in [-0.3, -0.25) is 4.79 Å². The highest BCUT2D eigenvalue weighted by Gasteiger charge is 2.94. The molecule has 18 rings (SSSR count). The van der Waals surface area contributed by atoms with Crippen LogP contribution in [0.3, 0.4) is 0 Å². The van der Waals surface area contributed by atoms with Gasteiger partial charge in [-0.15, -0.1) is 0 Å². The van der Waals surface area contributed by atoms with E-state index in [4.69, 9.17) is 4.74 Å². The first-order chi connectivity index (χ1) is 27.5. The van der Waals surface area contributed by atoms with Crippen LogP contribution in [0, 0.1) is 171 Å². The van der Waals surface area contributed by atoms with Crippen molar-refractivity contribution < 1.29 is 9.53 Å². The maximum atomic E-state index is 13.3. The maximum absolute atomic E-state index is 13.3. The first-order valence-electron chi connectivity index (χ1n) is 25.1. The molecule has 1 aromatic rings. The second-order valence-electron chi connectivity index (χ2n) is 25.8. The molecular formula is C54H62O2. The lowest BCUT2D eigenvalue weighted by Crippen LogP contribution is -2.58. The van der Waals surface area contributed by atoms with Crippen LogP contribution in [-0.4, -0.2) is 12.6 Å². The van der Waals surface area contributed by atoms with E-state index in [1.54, 1.807) is 31.2 Å². The minimum atomic E-state index is 0.0688. The summed E-state index contributed by atoms with van der Waals surface area (Å²) < 4.78 is 5.87. The minimum absolute atomic E-state index is 0.0688. The summed E-state index contributed by atoms with van der Waals surface area (Å²) in [4.78, 5) is 13.3. The van der Waals surface area contributed by atoms with Gasteiger partial charge in [0.1, 0.15) is 0 Å². The zero-order valence-electron chi connectivity index (χ0n) is 33.7. The molecule has 14 saturated carbocycles. The fourth-order valence-corrected chi connectivity index (χ4v) is 27.0. The average Bonchev–Trinajstić information content (AvgIpc) is 3.88. The number of hydrogen-bond acceptors (Lipinski definition) is 2. The van der Waals surface area contributed by atoms with E-state index in [9.17, 15) is 4.79 Å². The Morgan fingerprint density at radius 1 is 0.696 bits per heavy atom. The molecule has 0 amide bonds. The average molecular weight is 743 g/mol. The quantitative estimate of drug-likeness (QED) is 0.205. The van der Waals surface area contributed by atoms with Gasteiger partial charge in [0.05, 0.1) is 6.61 Å². The Morgan fingerprint density at radius 3 is 2.27 bits per heavy atom. The molecule has 29 unspecified atom stereocenters. The van der Waals surface area contributed by atoms with Crippen molar-refractivity contribution in [2.45, 2.75) is 83.5 Å². The van der Waals surface area contributed by atoms with Gasteiger partial charge in [-0.05, 0) is 234 Å². The Kier molecular flexibility index (Phi) is 4.83. The second kappa shape index (κ2) is 8.95. The van der Waals surface area contributed by atoms with Crippen molar-refractivity contribution in [3.8, 4) is 0 Å². The predicted molar refractivity (Wildman–Crippen MR) is 212 cm³/mol. The highest BCUT2D eigenvalue weighted by molar-refractivity contribution is 5.69. The van der Waals surface area contributed by atoms with Crippen molar-refractivity contribution in [3.63, 3.8) is 0 Å². The first-order valence-corrected chi connectivity index (χ1v) is 25.1. The Labute approximate surface area is 334 Å². The van der Waals surface area contributed by atoms with Crippen LogP contribution in [0.5, 0.6) is 0 Å². The molecule has 290 valence electrons. The Bertz CT molecular complexity index is 2160. The minimum Gasteiger partial charge on any atom is -0.465 e. The third-order valence-corrected chi connectivity index (χ3v) is 25.6. The lowest BCUT2D eigenvalue weighted by atomic mass is 9.43. The first kappa shape index (κ1) is 30.2. The number of carbonyl (C=O) groups is 1. The van der Waals surface area contributed by atoms with Crippen LogP contribution in [0.4, 0.5) is 0 Å². The maximum Gasteiger partial charge on any atom is 0.305 e. The second-order valence-corrected chi connectivity index (χ2v) is 25.8. The molecule has 0 heterocycles. The van der Waals surface area contributed by atoms with Crippen molar-refractivity contribution in [3.05, 3.63) is 58.7 Å². The van der Waals surface area contributed by atoms with Gasteiger partial charge in [0.25, 0.3) is 0 Å². The number of carbonyl (C=O) groups excluding carboxylic acids is 1. The fourth-order valence-electron chi connectivity index (χ4n) is 27.0. The summed E-state index contributed by atoms with van der Waals surface area (Å²) >= 11 is 0. The molecule has 17 aliphatic rings. The molecule has 2 nitrogen and oxygen atoms in total. The lowest BCUT2D eigenvalue weighted by Gasteiger charge is -2.61. The van der Waals surface area contributed by atoms with E-state index < -0.39 is 0 Å². The van der Waals surface area contributed by atoms with Crippen LogP contribution in [0.1, 0.15) is 83.6 Å². The van der Waals surface area contributed by atoms with Crippen LogP contribution in [0.25, 0.3) is 0 Å². The molecule has 0 aliphatic heterocycles. The number of hydrogen-bond donors (Lipinski definition) is 0. The van der Waals surface area contributed by atoms with Gasteiger partial charge in [-0.25, -0.2) is 0 Å². The molecule has 56 heavy (non-hydrogen) atoms. The summed E-state index contributed by atoms with van der Waals surface area (Å²) in [6, 6.07) is 12.4. The monoisotopic (exact) mass is 742 g/mol. The molecule has 17 aliphatic carbocycles. The molecule has 0 saturated heterocycles. The lowest BCUT2D eigenvalue weighted by molar-refractivity contribution is -0.146. The van der Waals surface area contributed by atoms with Gasteiger partial charge in [-0.1, -0.05) is 67.0 Å². The number of ether oxygens (including phenoxy) is 1. The molecule has 1 aromatic carbocycles. The van der Waals surface area contributed by atoms with E-state index >= 15 is 0 Å². The largest absolute Gasteiger partial charge is 0.465 e. The summed E-state index contributed by atoms with van der Waals surface area (Å²) in [5.74, 6) is 28.8. The zero-order valence-corrected chi connectivity index (χ0v) is 33.7. The summed E-state index contributed by atoms with van der Waals surface area (Å²) in [6.07, 6.45) is 17.0. The van der Waals surface area contributed by atoms with Crippen LogP contribution >= 0.6 is 0 Å². The van der Waals surface area contributed by atoms with Gasteiger partial charge < -0.3 is 4.74 Å². The Morgan fingerprint density at radius 2 is 1.41 bits per heavy atom. The molecule has 0 bridgehead atoms. The third kappa shape index (κ3) is 2.67. The molecule has 0 aromatic heterocycles. The number of benzene rings is 1. The normalized spacial score (nSPS) is 67.1. The van der Waals surface area contributed by atoms with E-state index in [1.807, 2.05) is 0 Å². The number of rotatable bonds is 7. The molecule has 2 heteroatoms. The van der Waals surface area contributed by atoms with Crippen molar-refractivity contribution in [2.24, 2.45) is 171 Å². The summed E-state index contributed by atoms with van der Waals surface area (Å²) in [7, 11) is 0. The molecule has 14 fully saturated rings. The summed E-state index contributed by atoms with van der Waals surface area (Å²) in [5, 5.41) is 0. The van der Waals surface area contributed by atoms with Crippen molar-refractivity contribution in [2.75, 3.05) is 6.61 Å². The van der Waals surface area contributed by atoms with Crippen molar-refractivity contribution >= 4 is 5.97 Å². The number of fused-ring (bicyclic) bond motifs is 1. The summed E-state index contributed by atoms with van der Waals surface area (Å²) in [6.45, 7) is 4.92. The van der Waals surface area contributed by atoms with Crippen molar-refractivity contribution in [1.82, 2.24) is 0 Å². The topological polar surface area (TPSA) is 26.3 Å². The van der Waals surface area contributed by atoms with Gasteiger partial charge >= 0.3 is 5.97 Å². The van der Waals surface area contributed by atoms with E-state index in [1.165, 1.54) is 25.7 Å². The van der Waals surface area contributed by atoms with E-state index in [2.05, 4.69) is 67.0 Å². The van der Waals surface area contributed by atoms with E-state index in [0.717, 1.165) is 166 Å². The molecule has 0 N–H and O–H groups in total. The summed E-state index contributed by atoms with van der Waals surface area (Å²) in [5.41, 5.74) is 8.89. The van der Waals surface area contributed by atoms with Crippen molar-refractivity contribution in [1.29, 1.82) is 0 Å². The standard InChI is InChI=1S/C54H62O2/c1-20(2)19-56-30(55)9-6-10-53(28-7-4-3-5-8-28)52-29-17-26-15-23-13-24-12-21-11-22-14-25-16-27-18-54(52,53)51-37(27)42-36(25)41-32(22)31(21)39-35(24)40-33(23)34(26)43-38(29)50(51)49-47(42)45(41)44(39)46(40)48(43)49/h3-5,7-8,16,20,22-24,26-27,29,32-52H,6,9-15,17-19H2,1-2H3.